The molecule has 1 fully saturated rings. The van der Waals surface area contributed by atoms with Crippen molar-refractivity contribution in [1.29, 1.82) is 0 Å². The number of carbonyl (C=O) groups is 1. The highest BCUT2D eigenvalue weighted by molar-refractivity contribution is 7.62. The number of hydrogen-bond donors (Lipinski definition) is 1. The predicted octanol–water partition coefficient (Wildman–Crippen LogP) is 2.18. The maximum atomic E-state index is 13.8. The normalized spacial score (nSPS) is 17.0. The number of carbonyl (C=O) groups excluding carboxylic acids is 1. The van der Waals surface area contributed by atoms with Crippen molar-refractivity contribution in [2.45, 2.75) is 20.3 Å². The Hall–Kier alpha value is -1.87. The van der Waals surface area contributed by atoms with Gasteiger partial charge in [-0.1, -0.05) is 11.8 Å². The van der Waals surface area contributed by atoms with Crippen LogP contribution in [0.1, 0.15) is 30.6 Å². The number of benzene rings is 1. The zero-order chi connectivity index (χ0) is 16.1. The minimum Gasteiger partial charge on any atom is -0.490 e. The highest BCUT2D eigenvalue weighted by Crippen LogP contribution is 2.23. The van der Waals surface area contributed by atoms with Gasteiger partial charge < -0.3 is 10.1 Å². The van der Waals surface area contributed by atoms with Gasteiger partial charge in [-0.3, -0.25) is 4.79 Å². The molecule has 1 aliphatic rings. The second-order valence-corrected chi connectivity index (χ2v) is 5.52. The summed E-state index contributed by atoms with van der Waals surface area (Å²) in [5.74, 6) is -3.51. The van der Waals surface area contributed by atoms with Crippen molar-refractivity contribution < 1.29 is 26.7 Å². The van der Waals surface area contributed by atoms with Gasteiger partial charge in [-0.25, -0.2) is 8.78 Å². The van der Waals surface area contributed by atoms with E-state index in [1.807, 2.05) is 0 Å². The molecule has 1 aliphatic heterocycles. The van der Waals surface area contributed by atoms with Crippen LogP contribution in [0.2, 0.25) is 0 Å². The Morgan fingerprint density at radius 1 is 1.35 bits per heavy atom. The van der Waals surface area contributed by atoms with Gasteiger partial charge in [0.1, 0.15) is 5.82 Å². The Bertz CT molecular complexity index is 693. The quantitative estimate of drug-likeness (QED) is 0.901. The molecule has 0 aliphatic carbocycles. The van der Waals surface area contributed by atoms with Crippen molar-refractivity contribution >= 4 is 16.4 Å². The summed E-state index contributed by atoms with van der Waals surface area (Å²) in [6.07, 6.45) is 1.92. The SMILES string of the molecule is C.O=C(N=S(=O)=O)c1cc(F)c(OCC2CCCNC2)cc1F. The molecule has 1 unspecified atom stereocenters. The molecule has 128 valence electrons. The molecule has 0 spiro atoms. The predicted molar refractivity (Wildman–Crippen MR) is 79.9 cm³/mol. The number of hydrogen-bond acceptors (Lipinski definition) is 5. The summed E-state index contributed by atoms with van der Waals surface area (Å²) in [6.45, 7) is 1.90. The van der Waals surface area contributed by atoms with E-state index in [9.17, 15) is 22.0 Å². The van der Waals surface area contributed by atoms with Crippen molar-refractivity contribution in [2.75, 3.05) is 19.7 Å². The molecule has 1 amide bonds. The molecule has 1 aromatic rings. The zero-order valence-corrected chi connectivity index (χ0v) is 12.3. The second-order valence-electron chi connectivity index (χ2n) is 4.90. The van der Waals surface area contributed by atoms with Crippen molar-refractivity contribution in [3.05, 3.63) is 29.3 Å². The smallest absolute Gasteiger partial charge is 0.319 e. The van der Waals surface area contributed by atoms with Crippen molar-refractivity contribution in [3.63, 3.8) is 0 Å². The van der Waals surface area contributed by atoms with Gasteiger partial charge in [0.15, 0.2) is 11.6 Å². The fraction of sp³-hybridized carbons (Fsp3) is 0.500. The highest BCUT2D eigenvalue weighted by Gasteiger charge is 2.19. The largest absolute Gasteiger partial charge is 0.490 e. The van der Waals surface area contributed by atoms with E-state index in [-0.39, 0.29) is 25.7 Å². The van der Waals surface area contributed by atoms with Gasteiger partial charge in [-0.05, 0) is 25.5 Å². The third-order valence-electron chi connectivity index (χ3n) is 3.28. The number of nitrogens with zero attached hydrogens (tertiary/aromatic N) is 1. The fourth-order valence-corrected chi connectivity index (χ4v) is 2.43. The van der Waals surface area contributed by atoms with Crippen LogP contribution in [-0.4, -0.2) is 34.0 Å². The third-order valence-corrected chi connectivity index (χ3v) is 3.60. The van der Waals surface area contributed by atoms with Crippen LogP contribution < -0.4 is 10.1 Å². The van der Waals surface area contributed by atoms with Crippen LogP contribution in [-0.2, 0) is 10.5 Å². The Kier molecular flexibility index (Phi) is 7.24. The molecular formula is C14H18F2N2O4S. The van der Waals surface area contributed by atoms with Gasteiger partial charge in [-0.2, -0.15) is 8.42 Å². The topological polar surface area (TPSA) is 84.8 Å². The van der Waals surface area contributed by atoms with Crippen LogP contribution in [0.15, 0.2) is 16.5 Å². The molecule has 9 heteroatoms. The van der Waals surface area contributed by atoms with Crippen LogP contribution in [0.5, 0.6) is 5.75 Å². The van der Waals surface area contributed by atoms with Crippen LogP contribution in [0.4, 0.5) is 8.78 Å². The molecule has 6 nitrogen and oxygen atoms in total. The lowest BCUT2D eigenvalue weighted by Gasteiger charge is -2.22. The van der Waals surface area contributed by atoms with Gasteiger partial charge in [0.05, 0.1) is 12.2 Å². The number of ether oxygens (including phenoxy) is 1. The zero-order valence-electron chi connectivity index (χ0n) is 11.5. The molecule has 1 atom stereocenters. The molecular weight excluding hydrogens is 330 g/mol. The molecule has 1 heterocycles. The second kappa shape index (κ2) is 8.68. The summed E-state index contributed by atoms with van der Waals surface area (Å²) in [5.41, 5.74) is -0.756. The van der Waals surface area contributed by atoms with E-state index in [1.165, 1.54) is 0 Å². The van der Waals surface area contributed by atoms with Gasteiger partial charge in [0.2, 0.25) is 0 Å². The van der Waals surface area contributed by atoms with Gasteiger partial charge >= 0.3 is 10.5 Å². The van der Waals surface area contributed by atoms with Crippen molar-refractivity contribution in [1.82, 2.24) is 5.32 Å². The molecule has 1 N–H and O–H groups in total. The molecule has 0 radical (unpaired) electrons. The third kappa shape index (κ3) is 5.36. The summed E-state index contributed by atoms with van der Waals surface area (Å²) in [7, 11) is -3.03. The van der Waals surface area contributed by atoms with E-state index >= 15 is 0 Å². The first-order valence-electron chi connectivity index (χ1n) is 6.65. The lowest BCUT2D eigenvalue weighted by Crippen LogP contribution is -2.33. The van der Waals surface area contributed by atoms with Gasteiger partial charge in [-0.15, -0.1) is 0 Å². The molecule has 0 saturated carbocycles. The van der Waals surface area contributed by atoms with Crippen molar-refractivity contribution in [2.24, 2.45) is 10.3 Å². The Balaban J connectivity index is 0.00000264. The maximum Gasteiger partial charge on any atom is 0.319 e. The van der Waals surface area contributed by atoms with E-state index in [1.54, 1.807) is 0 Å². The summed E-state index contributed by atoms with van der Waals surface area (Å²) in [6, 6.07) is 1.31. The molecule has 1 saturated heterocycles. The minimum absolute atomic E-state index is 0. The fourth-order valence-electron chi connectivity index (χ4n) is 2.19. The lowest BCUT2D eigenvalue weighted by molar-refractivity contribution is 0.100. The van der Waals surface area contributed by atoms with Crippen LogP contribution in [0.25, 0.3) is 0 Å². The van der Waals surface area contributed by atoms with E-state index < -0.39 is 33.6 Å². The Morgan fingerprint density at radius 3 is 2.70 bits per heavy atom. The molecule has 2 rings (SSSR count). The molecule has 23 heavy (non-hydrogen) atoms. The van der Waals surface area contributed by atoms with E-state index in [4.69, 9.17) is 4.74 Å². The van der Waals surface area contributed by atoms with Crippen molar-refractivity contribution in [3.8, 4) is 5.75 Å². The maximum absolute atomic E-state index is 13.8. The number of halogens is 2. The van der Waals surface area contributed by atoms with Gasteiger partial charge in [0.25, 0.3) is 5.91 Å². The van der Waals surface area contributed by atoms with Crippen LogP contribution in [0, 0.1) is 17.6 Å². The van der Waals surface area contributed by atoms with Crippen LogP contribution in [0.3, 0.4) is 0 Å². The average molecular weight is 348 g/mol. The molecule has 0 aromatic heterocycles. The summed E-state index contributed by atoms with van der Waals surface area (Å²) in [4.78, 5) is 11.3. The Labute approximate surface area is 134 Å². The summed E-state index contributed by atoms with van der Waals surface area (Å²) >= 11 is 0. The molecule has 0 bridgehead atoms. The lowest BCUT2D eigenvalue weighted by atomic mass is 10.0. The van der Waals surface area contributed by atoms with E-state index in [2.05, 4.69) is 9.68 Å². The van der Waals surface area contributed by atoms with E-state index in [0.717, 1.165) is 32.0 Å². The average Bonchev–Trinajstić information content (AvgIpc) is 2.48. The Morgan fingerprint density at radius 2 is 2.09 bits per heavy atom. The number of nitrogens with one attached hydrogen (secondary N) is 1. The first-order chi connectivity index (χ1) is 10.5. The highest BCUT2D eigenvalue weighted by atomic mass is 32.2. The standard InChI is InChI=1S/C13H14F2N2O4S.CH4/c14-10-5-12(21-7-8-2-1-3-16-6-8)11(15)4-9(10)13(18)17-22(19)20;/h4-5,8,16H,1-3,6-7H2;1H4. The number of rotatable bonds is 4. The summed E-state index contributed by atoms with van der Waals surface area (Å²) < 4.78 is 56.0. The first-order valence-corrected chi connectivity index (χ1v) is 7.68. The first kappa shape index (κ1) is 19.2. The monoisotopic (exact) mass is 348 g/mol. The van der Waals surface area contributed by atoms with Crippen LogP contribution >= 0.6 is 0 Å². The van der Waals surface area contributed by atoms with Gasteiger partial charge in [0, 0.05) is 18.5 Å². The number of piperidine rings is 1. The van der Waals surface area contributed by atoms with E-state index in [0.29, 0.717) is 6.07 Å². The number of amides is 1. The molecule has 1 aromatic carbocycles. The minimum atomic E-state index is -3.03. The summed E-state index contributed by atoms with van der Waals surface area (Å²) in [5, 5.41) is 3.18.